The molecule has 1 N–H and O–H groups in total. The van der Waals surface area contributed by atoms with Crippen molar-refractivity contribution in [3.63, 3.8) is 0 Å². The van der Waals surface area contributed by atoms with Gasteiger partial charge in [0.05, 0.1) is 11.5 Å². The summed E-state index contributed by atoms with van der Waals surface area (Å²) in [6.07, 6.45) is 4.16. The van der Waals surface area contributed by atoms with E-state index in [9.17, 15) is 9.59 Å². The molecule has 0 bridgehead atoms. The molecule has 6 nitrogen and oxygen atoms in total. The van der Waals surface area contributed by atoms with E-state index in [1.807, 2.05) is 61.2 Å². The van der Waals surface area contributed by atoms with Gasteiger partial charge < -0.3 is 15.0 Å². The van der Waals surface area contributed by atoms with Crippen LogP contribution >= 0.6 is 0 Å². The molecule has 0 atom stereocenters. The van der Waals surface area contributed by atoms with Gasteiger partial charge in [-0.15, -0.1) is 0 Å². The van der Waals surface area contributed by atoms with E-state index in [1.54, 1.807) is 0 Å². The van der Waals surface area contributed by atoms with Crippen molar-refractivity contribution >= 4 is 11.8 Å². The van der Waals surface area contributed by atoms with Crippen molar-refractivity contribution < 1.29 is 14.3 Å². The van der Waals surface area contributed by atoms with Crippen LogP contribution in [0.4, 0.5) is 0 Å². The van der Waals surface area contributed by atoms with Crippen molar-refractivity contribution in [3.8, 4) is 11.8 Å². The normalized spacial score (nSPS) is 16.9. The third kappa shape index (κ3) is 4.40. The van der Waals surface area contributed by atoms with E-state index in [0.717, 1.165) is 30.6 Å². The summed E-state index contributed by atoms with van der Waals surface area (Å²) < 4.78 is 6.35. The SMILES string of the molecule is Cc1ccc(OC(C)(C)C(=O)N2CCC(C(=O)NCC#N)(c3ccccc3)CC2)c2c1CCC2. The second kappa shape index (κ2) is 9.50. The number of hydrogen-bond acceptors (Lipinski definition) is 4. The molecule has 178 valence electrons. The van der Waals surface area contributed by atoms with Crippen LogP contribution in [0.1, 0.15) is 55.4 Å². The molecule has 0 aromatic heterocycles. The fourth-order valence-electron chi connectivity index (χ4n) is 5.43. The first-order chi connectivity index (χ1) is 16.3. The summed E-state index contributed by atoms with van der Waals surface area (Å²) in [6.45, 7) is 6.66. The lowest BCUT2D eigenvalue weighted by molar-refractivity contribution is -0.148. The number of fused-ring (bicyclic) bond motifs is 1. The van der Waals surface area contributed by atoms with Crippen LogP contribution < -0.4 is 10.1 Å². The molecule has 1 aliphatic carbocycles. The topological polar surface area (TPSA) is 82.4 Å². The zero-order chi connectivity index (χ0) is 24.3. The maximum absolute atomic E-state index is 13.5. The van der Waals surface area contributed by atoms with Crippen LogP contribution in [0.15, 0.2) is 42.5 Å². The average molecular weight is 460 g/mol. The minimum atomic E-state index is -1.01. The van der Waals surface area contributed by atoms with Crippen LogP contribution in [0.5, 0.6) is 5.75 Å². The Morgan fingerprint density at radius 1 is 1.09 bits per heavy atom. The molecule has 1 fully saturated rings. The van der Waals surface area contributed by atoms with Gasteiger partial charge in [-0.05, 0) is 81.2 Å². The van der Waals surface area contributed by atoms with Crippen molar-refractivity contribution in [1.29, 1.82) is 5.26 Å². The third-order valence-electron chi connectivity index (χ3n) is 7.35. The largest absolute Gasteiger partial charge is 0.478 e. The third-order valence-corrected chi connectivity index (χ3v) is 7.35. The number of rotatable bonds is 6. The number of hydrogen-bond donors (Lipinski definition) is 1. The summed E-state index contributed by atoms with van der Waals surface area (Å²) in [5, 5.41) is 11.7. The molecule has 1 heterocycles. The number of amides is 2. The first kappa shape index (κ1) is 23.8. The van der Waals surface area contributed by atoms with Crippen molar-refractivity contribution in [2.75, 3.05) is 19.6 Å². The summed E-state index contributed by atoms with van der Waals surface area (Å²) in [5.41, 5.74) is 3.03. The number of likely N-dealkylation sites (tertiary alicyclic amines) is 1. The molecule has 6 heteroatoms. The fraction of sp³-hybridized carbons (Fsp3) is 0.464. The van der Waals surface area contributed by atoms with E-state index in [0.29, 0.717) is 25.9 Å². The number of aryl methyl sites for hydroxylation is 1. The number of nitriles is 1. The fourth-order valence-corrected chi connectivity index (χ4v) is 5.43. The zero-order valence-electron chi connectivity index (χ0n) is 20.3. The number of nitrogens with one attached hydrogen (secondary N) is 1. The Labute approximate surface area is 201 Å². The Hall–Kier alpha value is -3.33. The molecule has 2 aliphatic rings. The number of benzene rings is 2. The molecule has 1 saturated heterocycles. The van der Waals surface area contributed by atoms with Gasteiger partial charge in [0, 0.05) is 13.1 Å². The Morgan fingerprint density at radius 3 is 2.44 bits per heavy atom. The Balaban J connectivity index is 1.50. The van der Waals surface area contributed by atoms with Crippen LogP contribution in [-0.4, -0.2) is 41.9 Å². The van der Waals surface area contributed by atoms with Crippen LogP contribution in [0.25, 0.3) is 0 Å². The summed E-state index contributed by atoms with van der Waals surface area (Å²) in [4.78, 5) is 28.5. The lowest BCUT2D eigenvalue weighted by Crippen LogP contribution is -2.56. The minimum Gasteiger partial charge on any atom is -0.478 e. The van der Waals surface area contributed by atoms with Gasteiger partial charge in [0.2, 0.25) is 5.91 Å². The van der Waals surface area contributed by atoms with E-state index < -0.39 is 11.0 Å². The predicted octanol–water partition coefficient (Wildman–Crippen LogP) is 3.84. The highest BCUT2D eigenvalue weighted by Crippen LogP contribution is 2.38. The molecule has 2 aromatic rings. The van der Waals surface area contributed by atoms with E-state index >= 15 is 0 Å². The molecule has 4 rings (SSSR count). The molecule has 2 aromatic carbocycles. The predicted molar refractivity (Wildman–Crippen MR) is 130 cm³/mol. The highest BCUT2D eigenvalue weighted by atomic mass is 16.5. The van der Waals surface area contributed by atoms with Gasteiger partial charge in [-0.2, -0.15) is 5.26 Å². The molecule has 34 heavy (non-hydrogen) atoms. The molecular weight excluding hydrogens is 426 g/mol. The zero-order valence-corrected chi connectivity index (χ0v) is 20.3. The lowest BCUT2D eigenvalue weighted by Gasteiger charge is -2.43. The highest BCUT2D eigenvalue weighted by Gasteiger charge is 2.45. The summed E-state index contributed by atoms with van der Waals surface area (Å²) in [7, 11) is 0. The Morgan fingerprint density at radius 2 is 1.76 bits per heavy atom. The van der Waals surface area contributed by atoms with Crippen molar-refractivity contribution in [3.05, 3.63) is 64.7 Å². The second-order valence-electron chi connectivity index (χ2n) is 9.88. The highest BCUT2D eigenvalue weighted by molar-refractivity contribution is 5.90. The van der Waals surface area contributed by atoms with Crippen molar-refractivity contribution in [2.45, 2.75) is 63.9 Å². The van der Waals surface area contributed by atoms with E-state index in [1.165, 1.54) is 16.7 Å². The summed E-state index contributed by atoms with van der Waals surface area (Å²) >= 11 is 0. The summed E-state index contributed by atoms with van der Waals surface area (Å²) in [6, 6.07) is 15.7. The van der Waals surface area contributed by atoms with Gasteiger partial charge in [-0.25, -0.2) is 0 Å². The van der Waals surface area contributed by atoms with Crippen molar-refractivity contribution in [2.24, 2.45) is 0 Å². The number of carbonyl (C=O) groups excluding carboxylic acids is 2. The van der Waals surface area contributed by atoms with Gasteiger partial charge >= 0.3 is 0 Å². The number of ether oxygens (including phenoxy) is 1. The van der Waals surface area contributed by atoms with Gasteiger partial charge in [-0.1, -0.05) is 36.4 Å². The molecule has 2 amide bonds. The van der Waals surface area contributed by atoms with Gasteiger partial charge in [0.25, 0.3) is 5.91 Å². The molecular formula is C28H33N3O3. The number of piperidine rings is 1. The number of carbonyl (C=O) groups is 2. The Bertz CT molecular complexity index is 1110. The smallest absolute Gasteiger partial charge is 0.266 e. The quantitative estimate of drug-likeness (QED) is 0.666. The first-order valence-electron chi connectivity index (χ1n) is 12.1. The standard InChI is InChI=1S/C28H33N3O3/c1-20-12-13-24(23-11-7-10-22(20)23)34-27(2,3)26(33)31-18-14-28(15-19-31,25(32)30-17-16-29)21-8-5-4-6-9-21/h4-6,8-9,12-13H,7,10-11,14-15,17-19H2,1-3H3,(H,30,32). The monoisotopic (exact) mass is 459 g/mol. The maximum atomic E-state index is 13.5. The molecule has 1 aliphatic heterocycles. The van der Waals surface area contributed by atoms with Crippen LogP contribution in [-0.2, 0) is 27.8 Å². The van der Waals surface area contributed by atoms with Crippen molar-refractivity contribution in [1.82, 2.24) is 10.2 Å². The van der Waals surface area contributed by atoms with Gasteiger partial charge in [0.1, 0.15) is 12.3 Å². The van der Waals surface area contributed by atoms with Gasteiger partial charge in [0.15, 0.2) is 5.60 Å². The molecule has 0 unspecified atom stereocenters. The maximum Gasteiger partial charge on any atom is 0.266 e. The van der Waals surface area contributed by atoms with E-state index in [2.05, 4.69) is 18.3 Å². The van der Waals surface area contributed by atoms with Gasteiger partial charge in [-0.3, -0.25) is 9.59 Å². The number of nitrogens with zero attached hydrogens (tertiary/aromatic N) is 2. The van der Waals surface area contributed by atoms with Crippen LogP contribution in [0.2, 0.25) is 0 Å². The molecule has 0 radical (unpaired) electrons. The molecule has 0 spiro atoms. The lowest BCUT2D eigenvalue weighted by atomic mass is 9.71. The Kier molecular flexibility index (Phi) is 6.65. The second-order valence-corrected chi connectivity index (χ2v) is 9.88. The minimum absolute atomic E-state index is 0.0300. The van der Waals surface area contributed by atoms with E-state index in [-0.39, 0.29) is 18.4 Å². The summed E-state index contributed by atoms with van der Waals surface area (Å²) in [5.74, 6) is 0.583. The van der Waals surface area contributed by atoms with Crippen LogP contribution in [0.3, 0.4) is 0 Å². The average Bonchev–Trinajstić information content (AvgIpc) is 3.36. The van der Waals surface area contributed by atoms with E-state index in [4.69, 9.17) is 10.00 Å². The van der Waals surface area contributed by atoms with Crippen LogP contribution in [0, 0.1) is 18.3 Å². The first-order valence-corrected chi connectivity index (χ1v) is 12.1. The molecule has 0 saturated carbocycles.